The maximum atomic E-state index is 12.0. The van der Waals surface area contributed by atoms with E-state index >= 15 is 0 Å². The van der Waals surface area contributed by atoms with Crippen molar-refractivity contribution in [2.45, 2.75) is 6.92 Å². The summed E-state index contributed by atoms with van der Waals surface area (Å²) in [6.07, 6.45) is 1.10. The lowest BCUT2D eigenvalue weighted by Crippen LogP contribution is -2.16. The maximum absolute atomic E-state index is 12.0. The summed E-state index contributed by atoms with van der Waals surface area (Å²) in [5.74, 6) is -0.604. The summed E-state index contributed by atoms with van der Waals surface area (Å²) in [4.78, 5) is 15.6. The first-order valence-corrected chi connectivity index (χ1v) is 10.6. The lowest BCUT2D eigenvalue weighted by molar-refractivity contribution is 0.0993. The molecule has 0 radical (unpaired) electrons. The molecule has 0 aliphatic heterocycles. The Hall–Kier alpha value is -3.57. The van der Waals surface area contributed by atoms with E-state index in [-0.39, 0.29) is 5.69 Å². The number of hydrogen-bond donors (Lipinski definition) is 2. The molecule has 2 aromatic carbocycles. The van der Waals surface area contributed by atoms with E-state index in [0.29, 0.717) is 33.8 Å². The Balaban J connectivity index is 2.12. The molecular weight excluding hydrogens is 388 g/mol. The van der Waals surface area contributed by atoms with Gasteiger partial charge in [-0.1, -0.05) is 42.5 Å². The van der Waals surface area contributed by atoms with Gasteiger partial charge in [-0.3, -0.25) is 9.52 Å². The molecule has 0 unspecified atom stereocenters. The largest absolute Gasteiger partial charge is 0.364 e. The van der Waals surface area contributed by atoms with Crippen LogP contribution in [0.1, 0.15) is 16.2 Å². The average Bonchev–Trinajstić information content (AvgIpc) is 2.92. The number of benzene rings is 2. The third-order valence-corrected chi connectivity index (χ3v) is 5.30. The number of primary amides is 1. The quantitative estimate of drug-likeness (QED) is 0.630. The Morgan fingerprint density at radius 1 is 1.10 bits per heavy atom. The number of nitrogens with zero attached hydrogens (tertiary/aromatic N) is 2. The van der Waals surface area contributed by atoms with Crippen molar-refractivity contribution in [1.82, 2.24) is 4.57 Å². The number of aromatic nitrogens is 1. The van der Waals surface area contributed by atoms with Gasteiger partial charge in [0.25, 0.3) is 5.91 Å². The molecule has 3 N–H and O–H groups in total. The highest BCUT2D eigenvalue weighted by molar-refractivity contribution is 7.92. The van der Waals surface area contributed by atoms with Gasteiger partial charge in [-0.15, -0.1) is 0 Å². The van der Waals surface area contributed by atoms with Crippen LogP contribution in [0.4, 0.5) is 11.4 Å². The van der Waals surface area contributed by atoms with E-state index in [1.54, 1.807) is 42.8 Å². The number of sulfonamides is 1. The first-order valence-electron chi connectivity index (χ1n) is 8.68. The first-order chi connectivity index (χ1) is 13.6. The minimum Gasteiger partial charge on any atom is -0.364 e. The molecule has 29 heavy (non-hydrogen) atoms. The number of anilines is 1. The zero-order chi connectivity index (χ0) is 21.3. The van der Waals surface area contributed by atoms with Crippen LogP contribution in [-0.2, 0) is 17.1 Å². The van der Waals surface area contributed by atoms with Crippen LogP contribution in [-0.4, -0.2) is 25.1 Å². The van der Waals surface area contributed by atoms with Crippen molar-refractivity contribution in [3.05, 3.63) is 71.3 Å². The summed E-state index contributed by atoms with van der Waals surface area (Å²) < 4.78 is 27.4. The topological polar surface area (TPSA) is 98.6 Å². The standard InChI is InChI=1S/C21H20N4O3S/c1-13-19(23-2)18(20(21(22)26)25(13)3)15-11-9-14(10-12-15)16-7-5-6-8-17(16)24-29(4,27)28/h5-12,24H,1,3-4H3,(H2,22,26). The molecule has 3 rings (SSSR count). The van der Waals surface area contributed by atoms with E-state index < -0.39 is 15.9 Å². The van der Waals surface area contributed by atoms with Gasteiger partial charge < -0.3 is 10.3 Å². The van der Waals surface area contributed by atoms with Gasteiger partial charge in [-0.25, -0.2) is 13.3 Å². The van der Waals surface area contributed by atoms with Gasteiger partial charge in [-0.05, 0) is 24.1 Å². The predicted octanol–water partition coefficient (Wildman–Crippen LogP) is 3.69. The summed E-state index contributed by atoms with van der Waals surface area (Å²) >= 11 is 0. The summed E-state index contributed by atoms with van der Waals surface area (Å²) in [6, 6.07) is 14.3. The lowest BCUT2D eigenvalue weighted by Gasteiger charge is -2.12. The molecule has 1 aromatic heterocycles. The number of amides is 1. The van der Waals surface area contributed by atoms with Gasteiger partial charge in [0.2, 0.25) is 15.7 Å². The minimum atomic E-state index is -3.42. The first kappa shape index (κ1) is 20.2. The molecule has 0 aliphatic rings. The Morgan fingerprint density at radius 3 is 2.24 bits per heavy atom. The number of para-hydroxylation sites is 1. The lowest BCUT2D eigenvalue weighted by atomic mass is 9.98. The van der Waals surface area contributed by atoms with E-state index in [1.807, 2.05) is 24.3 Å². The number of rotatable bonds is 5. The van der Waals surface area contributed by atoms with Crippen LogP contribution in [0.25, 0.3) is 27.1 Å². The molecule has 148 valence electrons. The molecule has 7 nitrogen and oxygen atoms in total. The van der Waals surface area contributed by atoms with Gasteiger partial charge in [0.15, 0.2) is 0 Å². The molecule has 1 amide bonds. The Morgan fingerprint density at radius 2 is 1.69 bits per heavy atom. The van der Waals surface area contributed by atoms with Crippen molar-refractivity contribution < 1.29 is 13.2 Å². The van der Waals surface area contributed by atoms with Crippen LogP contribution < -0.4 is 10.5 Å². The zero-order valence-corrected chi connectivity index (χ0v) is 17.0. The smallest absolute Gasteiger partial charge is 0.264 e. The molecular formula is C21H20N4O3S. The maximum Gasteiger partial charge on any atom is 0.264 e. The summed E-state index contributed by atoms with van der Waals surface area (Å²) in [7, 11) is -1.72. The molecule has 0 bridgehead atoms. The second-order valence-corrected chi connectivity index (χ2v) is 8.44. The SMILES string of the molecule is [C-]#[N+]c1c(-c2ccc(-c3ccccc3NS(C)(=O)=O)cc2)c(C(N)=O)n(C)c1C. The molecule has 0 saturated carbocycles. The third kappa shape index (κ3) is 3.86. The average molecular weight is 408 g/mol. The molecule has 8 heteroatoms. The van der Waals surface area contributed by atoms with E-state index in [9.17, 15) is 13.2 Å². The van der Waals surface area contributed by atoms with Crippen LogP contribution in [0, 0.1) is 13.5 Å². The van der Waals surface area contributed by atoms with Gasteiger partial charge in [0.05, 0.1) is 18.5 Å². The highest BCUT2D eigenvalue weighted by atomic mass is 32.2. The second kappa shape index (κ2) is 7.45. The van der Waals surface area contributed by atoms with Crippen LogP contribution in [0.2, 0.25) is 0 Å². The minimum absolute atomic E-state index is 0.278. The molecule has 0 aliphatic carbocycles. The summed E-state index contributed by atoms with van der Waals surface area (Å²) in [6.45, 7) is 9.28. The molecule has 0 fully saturated rings. The molecule has 0 saturated heterocycles. The van der Waals surface area contributed by atoms with Crippen LogP contribution >= 0.6 is 0 Å². The predicted molar refractivity (Wildman–Crippen MR) is 114 cm³/mol. The van der Waals surface area contributed by atoms with Crippen molar-refractivity contribution >= 4 is 27.3 Å². The van der Waals surface area contributed by atoms with Crippen LogP contribution in [0.5, 0.6) is 0 Å². The van der Waals surface area contributed by atoms with Crippen molar-refractivity contribution in [2.24, 2.45) is 12.8 Å². The van der Waals surface area contributed by atoms with Crippen LogP contribution in [0.15, 0.2) is 48.5 Å². The summed E-state index contributed by atoms with van der Waals surface area (Å²) in [5, 5.41) is 0. The van der Waals surface area contributed by atoms with Crippen LogP contribution in [0.3, 0.4) is 0 Å². The van der Waals surface area contributed by atoms with Gasteiger partial charge in [0.1, 0.15) is 5.69 Å². The highest BCUT2D eigenvalue weighted by Gasteiger charge is 2.23. The van der Waals surface area contributed by atoms with Crippen molar-refractivity contribution in [1.29, 1.82) is 0 Å². The highest BCUT2D eigenvalue weighted by Crippen LogP contribution is 2.39. The van der Waals surface area contributed by atoms with Crippen molar-refractivity contribution in [2.75, 3.05) is 11.0 Å². The third-order valence-electron chi connectivity index (χ3n) is 4.71. The number of nitrogens with one attached hydrogen (secondary N) is 1. The molecule has 3 aromatic rings. The van der Waals surface area contributed by atoms with E-state index in [1.165, 1.54) is 0 Å². The van der Waals surface area contributed by atoms with Gasteiger partial charge in [-0.2, -0.15) is 0 Å². The Kier molecular flexibility index (Phi) is 5.18. The zero-order valence-electron chi connectivity index (χ0n) is 16.2. The van der Waals surface area contributed by atoms with Gasteiger partial charge >= 0.3 is 0 Å². The Bertz CT molecular complexity index is 1250. The van der Waals surface area contributed by atoms with E-state index in [2.05, 4.69) is 9.57 Å². The Labute approximate surface area is 169 Å². The molecule has 0 atom stereocenters. The number of nitrogens with two attached hydrogens (primary N) is 1. The fourth-order valence-corrected chi connectivity index (χ4v) is 3.90. The normalized spacial score (nSPS) is 11.1. The van der Waals surface area contributed by atoms with Crippen molar-refractivity contribution in [3.8, 4) is 22.3 Å². The molecule has 1 heterocycles. The fraction of sp³-hybridized carbons (Fsp3) is 0.143. The van der Waals surface area contributed by atoms with E-state index in [0.717, 1.165) is 11.8 Å². The monoisotopic (exact) mass is 408 g/mol. The number of hydrogen-bond acceptors (Lipinski definition) is 3. The van der Waals surface area contributed by atoms with Gasteiger partial charge in [0, 0.05) is 23.9 Å². The number of carbonyl (C=O) groups is 1. The van der Waals surface area contributed by atoms with Crippen molar-refractivity contribution in [3.63, 3.8) is 0 Å². The molecule has 0 spiro atoms. The second-order valence-electron chi connectivity index (χ2n) is 6.69. The fourth-order valence-electron chi connectivity index (χ4n) is 3.33. The van der Waals surface area contributed by atoms with E-state index in [4.69, 9.17) is 12.3 Å². The summed E-state index contributed by atoms with van der Waals surface area (Å²) in [5.41, 5.74) is 10.0. The number of carbonyl (C=O) groups excluding carboxylic acids is 1.